The first-order valence-electron chi connectivity index (χ1n) is 15.8. The van der Waals surface area contributed by atoms with Crippen molar-refractivity contribution in [1.82, 2.24) is 30.2 Å². The molecule has 1 fully saturated rings. The second-order valence-corrected chi connectivity index (χ2v) is 17.6. The summed E-state index contributed by atoms with van der Waals surface area (Å²) in [7, 11) is -17.7. The molecule has 3 rings (SSSR count). The molecule has 28 heteroatoms. The smallest absolute Gasteiger partial charge is 0.274 e. The standard InChI is InChI=1S/C27H42N7O17P3S/c1-5-6-7-18(36)55-11-10-29-17(35)8-9-30-25(39)22(38)26(2,3)13-48-54(45,46)51-53(43,44)47-12-16-20(50-52(40,41)42)21(37)27(4,49-16)34-15-33-19-23(28)31-14-32-24(19)34/h6,14-16,20-22,37-38H,1,7-13H2,2-4H3,(H,29,35)(H,30,39)(H,43,44)(H,45,46)(H2,28,31,32)(H2,40,41,42)/p-4. The van der Waals surface area contributed by atoms with Crippen LogP contribution in [-0.2, 0) is 56.4 Å². The lowest BCUT2D eigenvalue weighted by atomic mass is 9.87. The third kappa shape index (κ3) is 13.3. The Hall–Kier alpha value is -2.92. The monoisotopic (exact) mass is 857 g/mol. The van der Waals surface area contributed by atoms with E-state index in [1.54, 1.807) is 0 Å². The minimum Gasteiger partial charge on any atom is -0.790 e. The number of nitrogen functional groups attached to an aromatic ring is 1. The number of phosphoric ester groups is 3. The summed E-state index contributed by atoms with van der Waals surface area (Å²) >= 11 is 0.999. The van der Waals surface area contributed by atoms with E-state index >= 15 is 0 Å². The van der Waals surface area contributed by atoms with Gasteiger partial charge in [-0.3, -0.25) is 28.1 Å². The quantitative estimate of drug-likeness (QED) is 0.0476. The number of rotatable bonds is 21. The average Bonchev–Trinajstić information content (AvgIpc) is 3.63. The fraction of sp³-hybridized carbons (Fsp3) is 0.593. The van der Waals surface area contributed by atoms with Crippen molar-refractivity contribution in [1.29, 1.82) is 0 Å². The van der Waals surface area contributed by atoms with Crippen LogP contribution in [0.15, 0.2) is 31.0 Å². The van der Waals surface area contributed by atoms with E-state index in [2.05, 4.69) is 55.8 Å². The van der Waals surface area contributed by atoms with Crippen LogP contribution in [0.2, 0.25) is 0 Å². The molecule has 1 saturated heterocycles. The van der Waals surface area contributed by atoms with Crippen molar-refractivity contribution in [3.8, 4) is 0 Å². The average molecular weight is 858 g/mol. The van der Waals surface area contributed by atoms with E-state index in [0.29, 0.717) is 5.75 Å². The van der Waals surface area contributed by atoms with Crippen LogP contribution < -0.4 is 35.9 Å². The number of aromatic nitrogens is 4. The molecule has 1 aliphatic rings. The highest BCUT2D eigenvalue weighted by atomic mass is 32.2. The van der Waals surface area contributed by atoms with Gasteiger partial charge in [0.1, 0.15) is 36.3 Å². The maximum Gasteiger partial charge on any atom is 0.274 e. The van der Waals surface area contributed by atoms with Gasteiger partial charge in [-0.25, -0.2) is 19.3 Å². The van der Waals surface area contributed by atoms with E-state index in [0.717, 1.165) is 29.0 Å². The lowest BCUT2D eigenvalue weighted by Crippen LogP contribution is -2.46. The molecule has 24 nitrogen and oxygen atoms in total. The molecule has 1 aliphatic heterocycles. The van der Waals surface area contributed by atoms with Gasteiger partial charge in [-0.1, -0.05) is 32.2 Å². The first-order valence-corrected chi connectivity index (χ1v) is 21.1. The van der Waals surface area contributed by atoms with Crippen molar-refractivity contribution < 1.29 is 80.5 Å². The second kappa shape index (κ2) is 19.0. The molecule has 0 aromatic carbocycles. The number of nitrogens with one attached hydrogen (secondary N) is 2. The molecule has 3 heterocycles. The molecule has 0 spiro atoms. The summed E-state index contributed by atoms with van der Waals surface area (Å²) in [5.74, 6) is -1.28. The van der Waals surface area contributed by atoms with Crippen molar-refractivity contribution >= 4 is 69.1 Å². The van der Waals surface area contributed by atoms with Crippen molar-refractivity contribution in [3.63, 3.8) is 0 Å². The van der Waals surface area contributed by atoms with Gasteiger partial charge in [-0.2, -0.15) is 0 Å². The predicted octanol–water partition coefficient (Wildman–Crippen LogP) is -2.96. The number of hydrogen-bond donors (Lipinski definition) is 5. The zero-order valence-electron chi connectivity index (χ0n) is 29.3. The van der Waals surface area contributed by atoms with Gasteiger partial charge < -0.3 is 69.0 Å². The Morgan fingerprint density at radius 2 is 1.84 bits per heavy atom. The van der Waals surface area contributed by atoms with Crippen LogP contribution in [0.1, 0.15) is 33.6 Å². The topological polar surface area (TPSA) is 375 Å². The van der Waals surface area contributed by atoms with Gasteiger partial charge in [-0.15, -0.1) is 5.73 Å². The Labute approximate surface area is 317 Å². The van der Waals surface area contributed by atoms with Crippen LogP contribution in [0.5, 0.6) is 0 Å². The third-order valence-corrected chi connectivity index (χ3v) is 11.5. The molecular formula is C27H38N7O17P3S-4. The summed E-state index contributed by atoms with van der Waals surface area (Å²) in [6.07, 6.45) is -4.49. The highest BCUT2D eigenvalue weighted by Gasteiger charge is 2.55. The molecular weight excluding hydrogens is 819 g/mol. The normalized spacial score (nSPS) is 23.0. The summed E-state index contributed by atoms with van der Waals surface area (Å²) in [6, 6.07) is 0. The molecule has 308 valence electrons. The van der Waals surface area contributed by atoms with Crippen molar-refractivity contribution in [3.05, 3.63) is 31.0 Å². The minimum absolute atomic E-state index is 0.0329. The van der Waals surface area contributed by atoms with Gasteiger partial charge in [0.05, 0.1) is 27.4 Å². The SMILES string of the molecule is C=C=CCC(=O)SCCNC(=O)CCNC(=O)C(O)C(C)(C)COP(=O)([O-])OP(=O)([O-])OCC1OC(C)(n2cnc3c(N)ncnc32)C(O)C1OP(=O)([O-])[O-]. The number of amides is 2. The number of carbonyl (C=O) groups is 3. The van der Waals surface area contributed by atoms with Gasteiger partial charge >= 0.3 is 0 Å². The number of hydrogen-bond acceptors (Lipinski definition) is 22. The minimum atomic E-state index is -5.93. The zero-order valence-corrected chi connectivity index (χ0v) is 32.8. The number of phosphoric acid groups is 3. The highest BCUT2D eigenvalue weighted by Crippen LogP contribution is 2.56. The highest BCUT2D eigenvalue weighted by molar-refractivity contribution is 8.13. The number of nitrogens with two attached hydrogens (primary N) is 1. The van der Waals surface area contributed by atoms with Gasteiger partial charge in [0, 0.05) is 37.1 Å². The molecule has 2 aromatic rings. The number of carbonyl (C=O) groups excluding carboxylic acids is 3. The van der Waals surface area contributed by atoms with Crippen molar-refractivity contribution in [2.24, 2.45) is 5.41 Å². The van der Waals surface area contributed by atoms with Crippen molar-refractivity contribution in [2.45, 2.75) is 63.8 Å². The second-order valence-electron chi connectivity index (χ2n) is 12.4. The molecule has 0 aliphatic carbocycles. The molecule has 6 N–H and O–H groups in total. The maximum absolute atomic E-state index is 12.5. The molecule has 2 amide bonds. The molecule has 2 aromatic heterocycles. The number of imidazole rings is 1. The van der Waals surface area contributed by atoms with Crippen LogP contribution in [0.4, 0.5) is 5.82 Å². The predicted molar refractivity (Wildman–Crippen MR) is 181 cm³/mol. The van der Waals surface area contributed by atoms with E-state index in [9.17, 15) is 57.9 Å². The van der Waals surface area contributed by atoms with E-state index in [1.807, 2.05) is 0 Å². The summed E-state index contributed by atoms with van der Waals surface area (Å²) in [5, 5.41) is 26.2. The fourth-order valence-corrected chi connectivity index (χ4v) is 8.16. The van der Waals surface area contributed by atoms with Crippen LogP contribution in [0, 0.1) is 5.41 Å². The van der Waals surface area contributed by atoms with E-state index in [-0.39, 0.29) is 48.0 Å². The first kappa shape index (κ1) is 46.5. The van der Waals surface area contributed by atoms with Crippen LogP contribution in [0.25, 0.3) is 11.2 Å². The number of allylic oxidation sites excluding steroid dienone is 1. The summed E-state index contributed by atoms with van der Waals surface area (Å²) in [5.41, 5.74) is 4.48. The Kier molecular flexibility index (Phi) is 16.1. The molecule has 55 heavy (non-hydrogen) atoms. The third-order valence-electron chi connectivity index (χ3n) is 7.64. The summed E-state index contributed by atoms with van der Waals surface area (Å²) < 4.78 is 60.9. The number of ether oxygens (including phenoxy) is 1. The summed E-state index contributed by atoms with van der Waals surface area (Å²) in [4.78, 5) is 95.8. The van der Waals surface area contributed by atoms with Crippen LogP contribution in [0.3, 0.4) is 0 Å². The van der Waals surface area contributed by atoms with Crippen LogP contribution in [-0.4, -0.2) is 103 Å². The number of fused-ring (bicyclic) bond motifs is 1. The Balaban J connectivity index is 1.54. The number of nitrogens with zero attached hydrogens (tertiary/aromatic N) is 4. The molecule has 0 bridgehead atoms. The van der Waals surface area contributed by atoms with E-state index in [1.165, 1.54) is 26.8 Å². The number of aliphatic hydroxyl groups is 2. The number of thioether (sulfide) groups is 1. The molecule has 0 saturated carbocycles. The lowest BCUT2D eigenvalue weighted by molar-refractivity contribution is -0.347. The van der Waals surface area contributed by atoms with Crippen molar-refractivity contribution in [2.75, 3.05) is 37.8 Å². The molecule has 0 radical (unpaired) electrons. The Morgan fingerprint density at radius 1 is 1.16 bits per heavy atom. The van der Waals surface area contributed by atoms with Crippen LogP contribution >= 0.6 is 35.2 Å². The lowest BCUT2D eigenvalue weighted by Gasteiger charge is -2.36. The number of aliphatic hydroxyl groups excluding tert-OH is 2. The van der Waals surface area contributed by atoms with E-state index in [4.69, 9.17) is 10.5 Å². The molecule has 7 atom stereocenters. The maximum atomic E-state index is 12.5. The van der Waals surface area contributed by atoms with Gasteiger partial charge in [0.25, 0.3) is 15.6 Å². The zero-order chi connectivity index (χ0) is 41.4. The van der Waals surface area contributed by atoms with Gasteiger partial charge in [0.2, 0.25) is 11.8 Å². The van der Waals surface area contributed by atoms with Gasteiger partial charge in [0.15, 0.2) is 22.3 Å². The Bertz CT molecular complexity index is 1910. The molecule has 7 unspecified atom stereocenters. The van der Waals surface area contributed by atoms with Gasteiger partial charge in [-0.05, 0) is 13.0 Å². The Morgan fingerprint density at radius 3 is 2.49 bits per heavy atom. The fourth-order valence-electron chi connectivity index (χ4n) is 4.80. The van der Waals surface area contributed by atoms with E-state index < -0.39 is 84.1 Å². The number of anilines is 1. The first-order chi connectivity index (χ1) is 25.4. The largest absolute Gasteiger partial charge is 0.790 e. The summed E-state index contributed by atoms with van der Waals surface area (Å²) in [6.45, 7) is 4.55.